The van der Waals surface area contributed by atoms with Crippen molar-refractivity contribution in [1.29, 1.82) is 5.41 Å². The molecule has 0 bridgehead atoms. The molecule has 2 amide bonds. The van der Waals surface area contributed by atoms with Crippen molar-refractivity contribution in [1.82, 2.24) is 15.1 Å². The van der Waals surface area contributed by atoms with Crippen LogP contribution in [0.1, 0.15) is 6.92 Å². The highest BCUT2D eigenvalue weighted by molar-refractivity contribution is 7.16. The standard InChI is InChI=1S/C10H22N5O2P/c1-8(16)15(5-6-18)4-3-13-9(17)7-14(2)10(11)12/h3-7,18H2,1-2H3,(H3,11,12)(H,13,17). The van der Waals surface area contributed by atoms with Gasteiger partial charge in [-0.2, -0.15) is 0 Å². The first-order valence-electron chi connectivity index (χ1n) is 5.66. The molecular formula is C10H22N5O2P. The van der Waals surface area contributed by atoms with Gasteiger partial charge in [-0.15, -0.1) is 9.24 Å². The number of nitrogens with one attached hydrogen (secondary N) is 2. The fourth-order valence-electron chi connectivity index (χ4n) is 1.27. The summed E-state index contributed by atoms with van der Waals surface area (Å²) < 4.78 is 0. The number of carbonyl (C=O) groups is 2. The minimum atomic E-state index is -0.220. The average molecular weight is 275 g/mol. The smallest absolute Gasteiger partial charge is 0.239 e. The van der Waals surface area contributed by atoms with Crippen LogP contribution in [0.15, 0.2) is 0 Å². The van der Waals surface area contributed by atoms with E-state index in [9.17, 15) is 9.59 Å². The second-order valence-corrected chi connectivity index (χ2v) is 4.46. The monoisotopic (exact) mass is 275 g/mol. The third-order valence-corrected chi connectivity index (χ3v) is 2.60. The lowest BCUT2D eigenvalue weighted by Gasteiger charge is -2.21. The zero-order valence-corrected chi connectivity index (χ0v) is 12.1. The molecule has 0 radical (unpaired) electrons. The fourth-order valence-corrected chi connectivity index (χ4v) is 1.58. The van der Waals surface area contributed by atoms with E-state index in [4.69, 9.17) is 11.1 Å². The van der Waals surface area contributed by atoms with Gasteiger partial charge in [0.05, 0.1) is 6.54 Å². The molecule has 0 rings (SSSR count). The van der Waals surface area contributed by atoms with Crippen LogP contribution < -0.4 is 11.1 Å². The molecule has 0 saturated carbocycles. The molecular weight excluding hydrogens is 253 g/mol. The molecule has 1 atom stereocenters. The molecule has 0 aliphatic rings. The van der Waals surface area contributed by atoms with Gasteiger partial charge >= 0.3 is 0 Å². The molecule has 8 heteroatoms. The van der Waals surface area contributed by atoms with Crippen molar-refractivity contribution in [2.24, 2.45) is 5.73 Å². The second-order valence-electron chi connectivity index (χ2n) is 3.89. The van der Waals surface area contributed by atoms with Crippen LogP contribution >= 0.6 is 9.24 Å². The van der Waals surface area contributed by atoms with Crippen molar-refractivity contribution in [2.75, 3.05) is 39.4 Å². The molecule has 0 spiro atoms. The van der Waals surface area contributed by atoms with Crippen molar-refractivity contribution < 1.29 is 9.59 Å². The lowest BCUT2D eigenvalue weighted by Crippen LogP contribution is -2.44. The van der Waals surface area contributed by atoms with Gasteiger partial charge in [-0.05, 0) is 6.16 Å². The zero-order chi connectivity index (χ0) is 14.1. The van der Waals surface area contributed by atoms with E-state index in [2.05, 4.69) is 14.6 Å². The molecule has 0 aromatic carbocycles. The summed E-state index contributed by atoms with van der Waals surface area (Å²) in [6.45, 7) is 3.09. The normalized spacial score (nSPS) is 9.72. The zero-order valence-electron chi connectivity index (χ0n) is 10.9. The predicted octanol–water partition coefficient (Wildman–Crippen LogP) is -1.35. The lowest BCUT2D eigenvalue weighted by atomic mass is 10.4. The molecule has 0 heterocycles. The number of hydrogen-bond donors (Lipinski definition) is 3. The molecule has 18 heavy (non-hydrogen) atoms. The van der Waals surface area contributed by atoms with E-state index in [-0.39, 0.29) is 24.3 Å². The Morgan fingerprint density at radius 3 is 2.44 bits per heavy atom. The molecule has 7 nitrogen and oxygen atoms in total. The van der Waals surface area contributed by atoms with E-state index in [0.29, 0.717) is 19.6 Å². The Bertz CT molecular complexity index is 311. The SMILES string of the molecule is CC(=O)N(CCP)CCNC(=O)CN(C)C(=N)N. The number of guanidine groups is 1. The molecule has 0 aliphatic heterocycles. The Balaban J connectivity index is 3.91. The van der Waals surface area contributed by atoms with Gasteiger partial charge < -0.3 is 20.9 Å². The molecule has 0 aliphatic carbocycles. The number of nitrogens with two attached hydrogens (primary N) is 1. The van der Waals surface area contributed by atoms with Gasteiger partial charge in [-0.1, -0.05) is 0 Å². The molecule has 104 valence electrons. The van der Waals surface area contributed by atoms with Crippen LogP contribution in [0.5, 0.6) is 0 Å². The van der Waals surface area contributed by atoms with Crippen molar-refractivity contribution in [3.05, 3.63) is 0 Å². The van der Waals surface area contributed by atoms with Crippen LogP contribution in [-0.2, 0) is 9.59 Å². The highest BCUT2D eigenvalue weighted by Crippen LogP contribution is 1.91. The molecule has 0 aromatic rings. The van der Waals surface area contributed by atoms with Gasteiger partial charge in [-0.3, -0.25) is 15.0 Å². The molecule has 0 aromatic heterocycles. The summed E-state index contributed by atoms with van der Waals surface area (Å²) >= 11 is 0. The first-order chi connectivity index (χ1) is 8.38. The van der Waals surface area contributed by atoms with Crippen LogP contribution in [0, 0.1) is 5.41 Å². The molecule has 0 fully saturated rings. The van der Waals surface area contributed by atoms with Gasteiger partial charge in [-0.25, -0.2) is 0 Å². The Kier molecular flexibility index (Phi) is 8.03. The fraction of sp³-hybridized carbons (Fsp3) is 0.700. The van der Waals surface area contributed by atoms with Gasteiger partial charge in [0.25, 0.3) is 0 Å². The summed E-state index contributed by atoms with van der Waals surface area (Å²) in [5.41, 5.74) is 5.21. The molecule has 1 unspecified atom stereocenters. The summed E-state index contributed by atoms with van der Waals surface area (Å²) in [6.07, 6.45) is 0.806. The first kappa shape index (κ1) is 16.6. The average Bonchev–Trinajstić information content (AvgIpc) is 2.27. The summed E-state index contributed by atoms with van der Waals surface area (Å²) in [5, 5.41) is 9.80. The summed E-state index contributed by atoms with van der Waals surface area (Å²) in [4.78, 5) is 25.7. The van der Waals surface area contributed by atoms with Crippen LogP contribution in [0.2, 0.25) is 0 Å². The van der Waals surface area contributed by atoms with E-state index in [1.807, 2.05) is 0 Å². The number of amides is 2. The Hall–Kier alpha value is -1.36. The number of rotatable bonds is 7. The van der Waals surface area contributed by atoms with E-state index in [0.717, 1.165) is 6.16 Å². The van der Waals surface area contributed by atoms with Crippen LogP contribution in [-0.4, -0.2) is 67.0 Å². The maximum atomic E-state index is 11.5. The summed E-state index contributed by atoms with van der Waals surface area (Å²) in [7, 11) is 4.13. The highest BCUT2D eigenvalue weighted by Gasteiger charge is 2.09. The quantitative estimate of drug-likeness (QED) is 0.304. The predicted molar refractivity (Wildman–Crippen MR) is 74.4 cm³/mol. The summed E-state index contributed by atoms with van der Waals surface area (Å²) in [5.74, 6) is -0.381. The van der Waals surface area contributed by atoms with Crippen molar-refractivity contribution in [2.45, 2.75) is 6.92 Å². The van der Waals surface area contributed by atoms with Gasteiger partial charge in [0.1, 0.15) is 0 Å². The van der Waals surface area contributed by atoms with Gasteiger partial charge in [0, 0.05) is 33.6 Å². The number of carbonyl (C=O) groups excluding carboxylic acids is 2. The van der Waals surface area contributed by atoms with E-state index >= 15 is 0 Å². The number of hydrogen-bond acceptors (Lipinski definition) is 3. The van der Waals surface area contributed by atoms with E-state index < -0.39 is 0 Å². The number of nitrogens with zero attached hydrogens (tertiary/aromatic N) is 2. The summed E-state index contributed by atoms with van der Waals surface area (Å²) in [6, 6.07) is 0. The number of likely N-dealkylation sites (N-methyl/N-ethyl adjacent to an activating group) is 1. The first-order valence-corrected chi connectivity index (χ1v) is 6.47. The lowest BCUT2D eigenvalue weighted by molar-refractivity contribution is -0.129. The third-order valence-electron chi connectivity index (χ3n) is 2.34. The maximum Gasteiger partial charge on any atom is 0.239 e. The third kappa shape index (κ3) is 7.06. The van der Waals surface area contributed by atoms with E-state index in [1.54, 1.807) is 11.9 Å². The molecule has 4 N–H and O–H groups in total. The Morgan fingerprint density at radius 1 is 1.39 bits per heavy atom. The van der Waals surface area contributed by atoms with Crippen molar-refractivity contribution in [3.63, 3.8) is 0 Å². The van der Waals surface area contributed by atoms with Gasteiger partial charge in [0.2, 0.25) is 11.8 Å². The van der Waals surface area contributed by atoms with Crippen LogP contribution in [0.3, 0.4) is 0 Å². The van der Waals surface area contributed by atoms with E-state index in [1.165, 1.54) is 11.8 Å². The minimum Gasteiger partial charge on any atom is -0.370 e. The second kappa shape index (κ2) is 8.69. The van der Waals surface area contributed by atoms with Crippen LogP contribution in [0.4, 0.5) is 0 Å². The highest BCUT2D eigenvalue weighted by atomic mass is 31.0. The minimum absolute atomic E-state index is 0.00690. The van der Waals surface area contributed by atoms with Gasteiger partial charge in [0.15, 0.2) is 5.96 Å². The van der Waals surface area contributed by atoms with Crippen molar-refractivity contribution >= 4 is 27.0 Å². The Morgan fingerprint density at radius 2 is 2.00 bits per heavy atom. The Labute approximate surface area is 110 Å². The maximum absolute atomic E-state index is 11.5. The largest absolute Gasteiger partial charge is 0.370 e. The van der Waals surface area contributed by atoms with Crippen LogP contribution in [0.25, 0.3) is 0 Å². The molecule has 0 saturated heterocycles. The topological polar surface area (TPSA) is 103 Å². The van der Waals surface area contributed by atoms with Crippen molar-refractivity contribution in [3.8, 4) is 0 Å².